The third-order valence-corrected chi connectivity index (χ3v) is 5.21. The van der Waals surface area contributed by atoms with Crippen molar-refractivity contribution in [1.82, 2.24) is 15.2 Å². The lowest BCUT2D eigenvalue weighted by Gasteiger charge is -2.21. The average molecular weight is 534 g/mol. The zero-order chi connectivity index (χ0) is 20.4. The molecule has 0 fully saturated rings. The average Bonchev–Trinajstić information content (AvgIpc) is 3.18. The maximum absolute atomic E-state index is 5.76. The summed E-state index contributed by atoms with van der Waals surface area (Å²) in [6.07, 6.45) is 0.877. The molecule has 0 saturated heterocycles. The molecule has 7 nitrogen and oxygen atoms in total. The molecule has 0 radical (unpaired) electrons. The Morgan fingerprint density at radius 1 is 1.31 bits per heavy atom. The molecule has 29 heavy (non-hydrogen) atoms. The molecule has 162 valence electrons. The van der Waals surface area contributed by atoms with Crippen molar-refractivity contribution in [3.8, 4) is 11.5 Å². The largest absolute Gasteiger partial charge is 0.497 e. The van der Waals surface area contributed by atoms with Crippen LogP contribution in [0.1, 0.15) is 30.2 Å². The summed E-state index contributed by atoms with van der Waals surface area (Å²) in [6, 6.07) is 7.62. The van der Waals surface area contributed by atoms with E-state index in [1.54, 1.807) is 32.6 Å². The van der Waals surface area contributed by atoms with Gasteiger partial charge < -0.3 is 24.4 Å². The van der Waals surface area contributed by atoms with Crippen LogP contribution in [0.25, 0.3) is 0 Å². The minimum atomic E-state index is 0. The molecular weight excluding hydrogens is 503 g/mol. The number of guanidine groups is 1. The van der Waals surface area contributed by atoms with E-state index in [9.17, 15) is 0 Å². The molecule has 0 bridgehead atoms. The quantitative estimate of drug-likeness (QED) is 0.216. The Morgan fingerprint density at radius 2 is 2.07 bits per heavy atom. The topological polar surface area (TPSA) is 68.2 Å². The zero-order valence-electron chi connectivity index (χ0n) is 17.7. The van der Waals surface area contributed by atoms with Crippen molar-refractivity contribution in [2.45, 2.75) is 26.0 Å². The van der Waals surface area contributed by atoms with Crippen LogP contribution in [0.5, 0.6) is 11.5 Å². The highest BCUT2D eigenvalue weighted by molar-refractivity contribution is 14.0. The van der Waals surface area contributed by atoms with Gasteiger partial charge in [-0.3, -0.25) is 4.99 Å². The van der Waals surface area contributed by atoms with Crippen LogP contribution >= 0.6 is 35.3 Å². The van der Waals surface area contributed by atoms with E-state index >= 15 is 0 Å². The molecule has 1 atom stereocenters. The predicted octanol–water partition coefficient (Wildman–Crippen LogP) is 3.95. The molecule has 0 aliphatic carbocycles. The summed E-state index contributed by atoms with van der Waals surface area (Å²) < 4.78 is 16.3. The highest BCUT2D eigenvalue weighted by Crippen LogP contribution is 2.21. The molecule has 0 aliphatic heterocycles. The Morgan fingerprint density at radius 3 is 2.76 bits per heavy atom. The van der Waals surface area contributed by atoms with E-state index in [1.165, 1.54) is 0 Å². The molecule has 1 unspecified atom stereocenters. The fourth-order valence-corrected chi connectivity index (χ4v) is 3.38. The smallest absolute Gasteiger partial charge is 0.193 e. The number of rotatable bonds is 10. The zero-order valence-corrected chi connectivity index (χ0v) is 20.8. The fraction of sp³-hybridized carbons (Fsp3) is 0.500. The van der Waals surface area contributed by atoms with Crippen LogP contribution in [-0.2, 0) is 11.3 Å². The number of aliphatic imine (C=N–C) groups is 1. The van der Waals surface area contributed by atoms with Crippen molar-refractivity contribution in [3.63, 3.8) is 0 Å². The first-order chi connectivity index (χ1) is 13.6. The molecule has 0 aliphatic rings. The van der Waals surface area contributed by atoms with Crippen LogP contribution in [0, 0.1) is 0 Å². The normalized spacial score (nSPS) is 12.1. The van der Waals surface area contributed by atoms with Crippen LogP contribution in [0.2, 0.25) is 0 Å². The number of nitrogens with one attached hydrogen (secondary N) is 1. The summed E-state index contributed by atoms with van der Waals surface area (Å²) in [4.78, 5) is 11.0. The van der Waals surface area contributed by atoms with Crippen LogP contribution in [0.4, 0.5) is 0 Å². The Labute approximate surface area is 194 Å². The maximum Gasteiger partial charge on any atom is 0.193 e. The van der Waals surface area contributed by atoms with E-state index in [2.05, 4.69) is 25.6 Å². The first kappa shape index (κ1) is 25.4. The third kappa shape index (κ3) is 8.35. The molecule has 0 saturated carbocycles. The molecule has 1 aromatic heterocycles. The SMILES string of the molecule is CN=C(NCCCOc1cccc(OC)c1)N(C)Cc1csc(C(C)OC)n1.I. The van der Waals surface area contributed by atoms with Gasteiger partial charge in [0, 0.05) is 39.2 Å². The van der Waals surface area contributed by atoms with E-state index in [0.29, 0.717) is 13.2 Å². The number of ether oxygens (including phenoxy) is 3. The molecule has 0 spiro atoms. The third-order valence-electron chi connectivity index (χ3n) is 4.16. The molecule has 1 heterocycles. The predicted molar refractivity (Wildman–Crippen MR) is 129 cm³/mol. The van der Waals surface area contributed by atoms with Crippen molar-refractivity contribution in [2.75, 3.05) is 41.5 Å². The van der Waals surface area contributed by atoms with Gasteiger partial charge in [0.05, 0.1) is 26.0 Å². The number of hydrogen-bond donors (Lipinski definition) is 1. The molecule has 0 amide bonds. The second-order valence-electron chi connectivity index (χ2n) is 6.27. The number of thiazole rings is 1. The molecule has 1 aromatic carbocycles. The second-order valence-corrected chi connectivity index (χ2v) is 7.16. The van der Waals surface area contributed by atoms with Crippen molar-refractivity contribution in [3.05, 3.63) is 40.3 Å². The van der Waals surface area contributed by atoms with Gasteiger partial charge >= 0.3 is 0 Å². The number of methoxy groups -OCH3 is 2. The Kier molecular flexibility index (Phi) is 11.9. The van der Waals surface area contributed by atoms with Crippen LogP contribution < -0.4 is 14.8 Å². The summed E-state index contributed by atoms with van der Waals surface area (Å²) in [7, 11) is 7.13. The van der Waals surface area contributed by atoms with Crippen LogP contribution in [0.15, 0.2) is 34.6 Å². The Bertz CT molecular complexity index is 757. The fourth-order valence-electron chi connectivity index (χ4n) is 2.54. The summed E-state index contributed by atoms with van der Waals surface area (Å²) in [5.41, 5.74) is 1.01. The van der Waals surface area contributed by atoms with Crippen molar-refractivity contribution >= 4 is 41.3 Å². The standard InChI is InChI=1S/C20H30N4O3S.HI/c1-15(25-4)19-23-16(14-28-19)13-24(3)20(21-2)22-10-7-11-27-18-9-6-8-17(12-18)26-5;/h6,8-9,12,14-15H,7,10-11,13H2,1-5H3,(H,21,22);1H. The maximum atomic E-state index is 5.76. The van der Waals surface area contributed by atoms with Crippen molar-refractivity contribution in [2.24, 2.45) is 4.99 Å². The molecule has 1 N–H and O–H groups in total. The van der Waals surface area contributed by atoms with E-state index in [-0.39, 0.29) is 30.1 Å². The van der Waals surface area contributed by atoms with Gasteiger partial charge in [-0.2, -0.15) is 0 Å². The van der Waals surface area contributed by atoms with Gasteiger partial charge in [-0.1, -0.05) is 6.07 Å². The number of nitrogens with zero attached hydrogens (tertiary/aromatic N) is 3. The Balaban J connectivity index is 0.00000420. The van der Waals surface area contributed by atoms with E-state index in [0.717, 1.165) is 41.1 Å². The minimum Gasteiger partial charge on any atom is -0.497 e. The van der Waals surface area contributed by atoms with Gasteiger partial charge in [-0.05, 0) is 25.5 Å². The van der Waals surface area contributed by atoms with Gasteiger partial charge in [0.1, 0.15) is 22.6 Å². The van der Waals surface area contributed by atoms with E-state index < -0.39 is 0 Å². The van der Waals surface area contributed by atoms with Crippen molar-refractivity contribution < 1.29 is 14.2 Å². The number of hydrogen-bond acceptors (Lipinski definition) is 6. The highest BCUT2D eigenvalue weighted by atomic mass is 127. The lowest BCUT2D eigenvalue weighted by molar-refractivity contribution is 0.119. The first-order valence-electron chi connectivity index (χ1n) is 9.23. The monoisotopic (exact) mass is 534 g/mol. The highest BCUT2D eigenvalue weighted by Gasteiger charge is 2.12. The summed E-state index contributed by atoms with van der Waals surface area (Å²) in [6.45, 7) is 4.07. The van der Waals surface area contributed by atoms with Gasteiger partial charge in [0.2, 0.25) is 0 Å². The van der Waals surface area contributed by atoms with E-state index in [1.807, 2.05) is 38.2 Å². The first-order valence-corrected chi connectivity index (χ1v) is 10.1. The second kappa shape index (κ2) is 13.6. The van der Waals surface area contributed by atoms with Gasteiger partial charge in [0.25, 0.3) is 0 Å². The van der Waals surface area contributed by atoms with Gasteiger partial charge in [-0.15, -0.1) is 35.3 Å². The number of halogens is 1. The molecule has 2 rings (SSSR count). The lowest BCUT2D eigenvalue weighted by Crippen LogP contribution is -2.39. The van der Waals surface area contributed by atoms with Crippen LogP contribution in [0.3, 0.4) is 0 Å². The Hall–Kier alpha value is -1.59. The number of aromatic nitrogens is 1. The van der Waals surface area contributed by atoms with Gasteiger partial charge in [0.15, 0.2) is 5.96 Å². The summed E-state index contributed by atoms with van der Waals surface area (Å²) in [5.74, 6) is 2.43. The molecular formula is C20H31IN4O3S. The van der Waals surface area contributed by atoms with Crippen LogP contribution in [-0.4, -0.2) is 57.3 Å². The summed E-state index contributed by atoms with van der Waals surface area (Å²) in [5, 5.41) is 6.42. The van der Waals surface area contributed by atoms with Crippen molar-refractivity contribution in [1.29, 1.82) is 0 Å². The minimum absolute atomic E-state index is 0. The number of benzene rings is 1. The van der Waals surface area contributed by atoms with E-state index in [4.69, 9.17) is 14.2 Å². The molecule has 2 aromatic rings. The van der Waals surface area contributed by atoms with Gasteiger partial charge in [-0.25, -0.2) is 4.98 Å². The molecule has 9 heteroatoms. The lowest BCUT2D eigenvalue weighted by atomic mass is 10.3. The summed E-state index contributed by atoms with van der Waals surface area (Å²) >= 11 is 1.62.